The highest BCUT2D eigenvalue weighted by atomic mass is 16.7. The number of para-hydroxylation sites is 1. The highest BCUT2D eigenvalue weighted by molar-refractivity contribution is 5.79. The smallest absolute Gasteiger partial charge is 0.319 e. The molecule has 0 spiro atoms. The van der Waals surface area contributed by atoms with Crippen LogP contribution < -0.4 is 10.3 Å². The van der Waals surface area contributed by atoms with Gasteiger partial charge in [-0.2, -0.15) is 5.48 Å². The Morgan fingerprint density at radius 1 is 0.957 bits per heavy atom. The molecule has 2 aliphatic rings. The quantitative estimate of drug-likeness (QED) is 0.868. The highest BCUT2D eigenvalue weighted by Gasteiger charge is 2.30. The summed E-state index contributed by atoms with van der Waals surface area (Å²) in [6, 6.07) is 9.30. The first-order chi connectivity index (χ1) is 11.2. The fraction of sp³-hybridized carbons (Fsp3) is 0.529. The Hall–Kier alpha value is -2.24. The maximum Gasteiger partial charge on any atom is 0.319 e. The van der Waals surface area contributed by atoms with Gasteiger partial charge >= 0.3 is 6.03 Å². The summed E-state index contributed by atoms with van der Waals surface area (Å²) in [5.74, 6) is 0.408. The second-order valence-corrected chi connectivity index (χ2v) is 6.12. The molecule has 6 heteroatoms. The predicted molar refractivity (Wildman–Crippen MR) is 85.7 cm³/mol. The van der Waals surface area contributed by atoms with Gasteiger partial charge in [-0.3, -0.25) is 4.79 Å². The monoisotopic (exact) mass is 317 g/mol. The number of likely N-dealkylation sites (tertiary alicyclic amines) is 2. The van der Waals surface area contributed by atoms with Gasteiger partial charge in [-0.05, 0) is 37.8 Å². The van der Waals surface area contributed by atoms with Crippen LogP contribution in [0.3, 0.4) is 0 Å². The third-order valence-corrected chi connectivity index (χ3v) is 4.53. The van der Waals surface area contributed by atoms with Crippen molar-refractivity contribution in [2.75, 3.05) is 26.2 Å². The van der Waals surface area contributed by atoms with E-state index < -0.39 is 0 Å². The van der Waals surface area contributed by atoms with E-state index >= 15 is 0 Å². The number of benzene rings is 1. The lowest BCUT2D eigenvalue weighted by atomic mass is 9.96. The Morgan fingerprint density at radius 2 is 1.57 bits per heavy atom. The molecule has 2 saturated heterocycles. The van der Waals surface area contributed by atoms with Crippen LogP contribution in [-0.4, -0.2) is 47.9 Å². The molecule has 0 unspecified atom stereocenters. The van der Waals surface area contributed by atoms with Crippen molar-refractivity contribution < 1.29 is 14.4 Å². The van der Waals surface area contributed by atoms with E-state index in [0.717, 1.165) is 25.9 Å². The number of carbonyl (C=O) groups excluding carboxylic acids is 2. The second kappa shape index (κ2) is 7.35. The van der Waals surface area contributed by atoms with E-state index in [1.54, 1.807) is 12.1 Å². The van der Waals surface area contributed by atoms with Gasteiger partial charge in [0.2, 0.25) is 0 Å². The first-order valence-corrected chi connectivity index (χ1v) is 8.29. The molecule has 3 rings (SSSR count). The van der Waals surface area contributed by atoms with Crippen molar-refractivity contribution in [3.8, 4) is 5.75 Å². The van der Waals surface area contributed by atoms with E-state index in [2.05, 4.69) is 5.48 Å². The van der Waals surface area contributed by atoms with Gasteiger partial charge < -0.3 is 14.6 Å². The van der Waals surface area contributed by atoms with E-state index in [1.807, 2.05) is 28.0 Å². The molecule has 6 nitrogen and oxygen atoms in total. The normalized spacial score (nSPS) is 18.8. The molecule has 3 amide bonds. The van der Waals surface area contributed by atoms with Crippen molar-refractivity contribution in [2.24, 2.45) is 5.92 Å². The summed E-state index contributed by atoms with van der Waals surface area (Å²) in [6.45, 7) is 3.01. The fourth-order valence-corrected chi connectivity index (χ4v) is 3.12. The Kier molecular flexibility index (Phi) is 5.00. The second-order valence-electron chi connectivity index (χ2n) is 6.12. The van der Waals surface area contributed by atoms with Crippen LogP contribution in [0.4, 0.5) is 4.79 Å². The minimum atomic E-state index is -0.109. The standard InChI is InChI=1S/C17H23N3O3/c21-16(18-23-15-6-2-1-3-7-15)14-8-12-20(13-9-14)17(22)19-10-4-5-11-19/h1-3,6-7,14H,4-5,8-13H2,(H,18,21). The van der Waals surface area contributed by atoms with Gasteiger partial charge in [-0.25, -0.2) is 4.79 Å². The zero-order valence-corrected chi connectivity index (χ0v) is 13.2. The number of hydrogen-bond donors (Lipinski definition) is 1. The molecule has 0 saturated carbocycles. The van der Waals surface area contributed by atoms with Gasteiger partial charge in [0.15, 0.2) is 5.75 Å². The van der Waals surface area contributed by atoms with E-state index in [9.17, 15) is 9.59 Å². The molecule has 0 atom stereocenters. The van der Waals surface area contributed by atoms with Gasteiger partial charge in [0.05, 0.1) is 0 Å². The SMILES string of the molecule is O=C(NOc1ccccc1)C1CCN(C(=O)N2CCCC2)CC1. The number of urea groups is 1. The summed E-state index contributed by atoms with van der Waals surface area (Å²) in [7, 11) is 0. The molecule has 0 aromatic heterocycles. The van der Waals surface area contributed by atoms with Crippen LogP contribution in [0.15, 0.2) is 30.3 Å². The molecule has 2 fully saturated rings. The summed E-state index contributed by atoms with van der Waals surface area (Å²) < 4.78 is 0. The van der Waals surface area contributed by atoms with Crippen molar-refractivity contribution in [2.45, 2.75) is 25.7 Å². The topological polar surface area (TPSA) is 61.9 Å². The van der Waals surface area contributed by atoms with Crippen LogP contribution in [0.25, 0.3) is 0 Å². The van der Waals surface area contributed by atoms with Crippen molar-refractivity contribution in [3.63, 3.8) is 0 Å². The number of amides is 3. The summed E-state index contributed by atoms with van der Waals surface area (Å²) in [6.07, 6.45) is 3.57. The number of rotatable bonds is 3. The van der Waals surface area contributed by atoms with Crippen LogP contribution in [0, 0.1) is 5.92 Å². The van der Waals surface area contributed by atoms with Crippen molar-refractivity contribution in [1.82, 2.24) is 15.3 Å². The molecule has 23 heavy (non-hydrogen) atoms. The molecule has 1 aromatic carbocycles. The minimum Gasteiger partial charge on any atom is -0.380 e. The highest BCUT2D eigenvalue weighted by Crippen LogP contribution is 2.20. The van der Waals surface area contributed by atoms with E-state index in [0.29, 0.717) is 31.7 Å². The van der Waals surface area contributed by atoms with Crippen molar-refractivity contribution in [3.05, 3.63) is 30.3 Å². The average Bonchev–Trinajstić information content (AvgIpc) is 3.15. The maximum absolute atomic E-state index is 12.3. The lowest BCUT2D eigenvalue weighted by Gasteiger charge is -2.33. The maximum atomic E-state index is 12.3. The third kappa shape index (κ3) is 3.94. The lowest BCUT2D eigenvalue weighted by Crippen LogP contribution is -2.48. The van der Waals surface area contributed by atoms with Gasteiger partial charge in [0, 0.05) is 32.1 Å². The number of hydroxylamine groups is 1. The molecule has 2 heterocycles. The molecular formula is C17H23N3O3. The molecular weight excluding hydrogens is 294 g/mol. The Bertz CT molecular complexity index is 535. The zero-order chi connectivity index (χ0) is 16.1. The van der Waals surface area contributed by atoms with Gasteiger partial charge in [0.25, 0.3) is 5.91 Å². The summed E-state index contributed by atoms with van der Waals surface area (Å²) in [5, 5.41) is 0. The summed E-state index contributed by atoms with van der Waals surface area (Å²) >= 11 is 0. The minimum absolute atomic E-state index is 0.0960. The predicted octanol–water partition coefficient (Wildman–Crippen LogP) is 2.02. The molecule has 0 radical (unpaired) electrons. The molecule has 0 bridgehead atoms. The van der Waals surface area contributed by atoms with Crippen molar-refractivity contribution in [1.29, 1.82) is 0 Å². The van der Waals surface area contributed by atoms with Gasteiger partial charge in [-0.1, -0.05) is 18.2 Å². The zero-order valence-electron chi connectivity index (χ0n) is 13.2. The average molecular weight is 317 g/mol. The molecule has 0 aliphatic carbocycles. The largest absolute Gasteiger partial charge is 0.380 e. The lowest BCUT2D eigenvalue weighted by molar-refractivity contribution is -0.133. The number of piperidine rings is 1. The van der Waals surface area contributed by atoms with Crippen LogP contribution in [-0.2, 0) is 4.79 Å². The van der Waals surface area contributed by atoms with Crippen LogP contribution in [0.2, 0.25) is 0 Å². The van der Waals surface area contributed by atoms with E-state index in [1.165, 1.54) is 0 Å². The fourth-order valence-electron chi connectivity index (χ4n) is 3.12. The summed E-state index contributed by atoms with van der Waals surface area (Å²) in [5.41, 5.74) is 2.52. The first-order valence-electron chi connectivity index (χ1n) is 8.29. The molecule has 1 aromatic rings. The summed E-state index contributed by atoms with van der Waals surface area (Å²) in [4.78, 5) is 33.5. The Balaban J connectivity index is 1.43. The van der Waals surface area contributed by atoms with E-state index in [4.69, 9.17) is 4.84 Å². The number of nitrogens with one attached hydrogen (secondary N) is 1. The number of carbonyl (C=O) groups is 2. The van der Waals surface area contributed by atoms with Gasteiger partial charge in [-0.15, -0.1) is 0 Å². The van der Waals surface area contributed by atoms with Crippen LogP contribution in [0.1, 0.15) is 25.7 Å². The Morgan fingerprint density at radius 3 is 2.22 bits per heavy atom. The van der Waals surface area contributed by atoms with Gasteiger partial charge in [0.1, 0.15) is 0 Å². The molecule has 1 N–H and O–H groups in total. The molecule has 2 aliphatic heterocycles. The van der Waals surface area contributed by atoms with Crippen LogP contribution >= 0.6 is 0 Å². The number of hydrogen-bond acceptors (Lipinski definition) is 3. The van der Waals surface area contributed by atoms with Crippen LogP contribution in [0.5, 0.6) is 5.75 Å². The van der Waals surface area contributed by atoms with Crippen molar-refractivity contribution >= 4 is 11.9 Å². The third-order valence-electron chi connectivity index (χ3n) is 4.53. The van der Waals surface area contributed by atoms with E-state index in [-0.39, 0.29) is 17.9 Å². The first kappa shape index (κ1) is 15.6. The Labute approximate surface area is 136 Å². The number of nitrogens with zero attached hydrogens (tertiary/aromatic N) is 2. The molecule has 124 valence electrons.